The lowest BCUT2D eigenvalue weighted by atomic mass is 9.86. The highest BCUT2D eigenvalue weighted by Crippen LogP contribution is 2.43. The number of esters is 1. The number of carbonyl (C=O) groups is 2. The van der Waals surface area contributed by atoms with Crippen molar-refractivity contribution in [2.45, 2.75) is 24.4 Å². The average Bonchev–Trinajstić information content (AvgIpc) is 2.78. The molecule has 1 amide bonds. The number of thioether (sulfide) groups is 1. The molecule has 0 aromatic heterocycles. The van der Waals surface area contributed by atoms with Crippen molar-refractivity contribution in [1.82, 2.24) is 4.90 Å². The second-order valence-electron chi connectivity index (χ2n) is 7.46. The van der Waals surface area contributed by atoms with E-state index in [9.17, 15) is 9.59 Å². The quantitative estimate of drug-likeness (QED) is 0.433. The predicted molar refractivity (Wildman–Crippen MR) is 121 cm³/mol. The van der Waals surface area contributed by atoms with Crippen molar-refractivity contribution in [2.24, 2.45) is 11.1 Å². The number of halogens is 1. The lowest BCUT2D eigenvalue weighted by Gasteiger charge is -2.52. The van der Waals surface area contributed by atoms with Gasteiger partial charge in [0.2, 0.25) is 5.91 Å². The van der Waals surface area contributed by atoms with Gasteiger partial charge in [-0.25, -0.2) is 0 Å². The first-order chi connectivity index (χ1) is 14.1. The number of ether oxygens (including phenoxy) is 1. The molecule has 4 rings (SSSR count). The van der Waals surface area contributed by atoms with E-state index in [-0.39, 0.29) is 29.7 Å². The lowest BCUT2D eigenvalue weighted by molar-refractivity contribution is -0.161. The minimum Gasteiger partial charge on any atom is -0.452 e. The summed E-state index contributed by atoms with van der Waals surface area (Å²) in [5.41, 5.74) is 6.84. The van der Waals surface area contributed by atoms with E-state index in [1.54, 1.807) is 16.7 Å². The smallest absolute Gasteiger partial charge is 0.319 e. The maximum atomic E-state index is 13.5. The molecule has 158 valence electrons. The Hall–Kier alpha value is -2.28. The molecule has 5 nitrogen and oxygen atoms in total. The largest absolute Gasteiger partial charge is 0.452 e. The molecule has 2 N–H and O–H groups in total. The van der Waals surface area contributed by atoms with Gasteiger partial charge >= 0.3 is 5.97 Å². The van der Waals surface area contributed by atoms with Crippen molar-refractivity contribution in [3.63, 3.8) is 0 Å². The van der Waals surface area contributed by atoms with E-state index < -0.39 is 17.6 Å². The molecule has 2 saturated heterocycles. The first kappa shape index (κ1) is 22.4. The Labute approximate surface area is 187 Å². The Bertz CT molecular complexity index is 885. The Kier molecular flexibility index (Phi) is 6.91. The summed E-state index contributed by atoms with van der Waals surface area (Å²) in [5, 5.41) is -0.0484. The van der Waals surface area contributed by atoms with Crippen molar-refractivity contribution >= 4 is 36.0 Å². The highest BCUT2D eigenvalue weighted by molar-refractivity contribution is 8.00. The molecule has 0 spiro atoms. The number of β-lactam (4-membered cyclic amide) rings is 1. The summed E-state index contributed by atoms with van der Waals surface area (Å²) in [6.07, 6.45) is 3.21. The summed E-state index contributed by atoms with van der Waals surface area (Å²) in [5.74, 6) is 0.105. The summed E-state index contributed by atoms with van der Waals surface area (Å²) in [6, 6.07) is 19.0. The SMILES string of the molecule is CC=CC1(C(=O)OC(c2ccccc2)c2ccccc2)CS[C@@H]2C(N)C(=O)N2C1.Cl. The number of fused-ring (bicyclic) bond motifs is 1. The number of nitrogens with zero attached hydrogens (tertiary/aromatic N) is 1. The third-order valence-corrected chi connectivity index (χ3v) is 7.04. The number of amides is 1. The number of benzene rings is 2. The van der Waals surface area contributed by atoms with E-state index in [0.29, 0.717) is 12.3 Å². The molecule has 30 heavy (non-hydrogen) atoms. The van der Waals surface area contributed by atoms with Crippen LogP contribution in [0.25, 0.3) is 0 Å². The normalized spacial score (nSPS) is 25.4. The zero-order chi connectivity index (χ0) is 20.4. The van der Waals surface area contributed by atoms with Gasteiger partial charge in [-0.05, 0) is 18.1 Å². The van der Waals surface area contributed by atoms with Crippen molar-refractivity contribution < 1.29 is 14.3 Å². The Morgan fingerprint density at radius 2 is 1.73 bits per heavy atom. The van der Waals surface area contributed by atoms with Gasteiger partial charge in [-0.15, -0.1) is 24.2 Å². The molecule has 2 aliphatic rings. The average molecular weight is 445 g/mol. The minimum atomic E-state index is -0.881. The van der Waals surface area contributed by atoms with Gasteiger partial charge in [0.25, 0.3) is 0 Å². The molecule has 3 atom stereocenters. The van der Waals surface area contributed by atoms with Crippen LogP contribution in [0.3, 0.4) is 0 Å². The fourth-order valence-corrected chi connectivity index (χ4v) is 5.37. The zero-order valence-corrected chi connectivity index (χ0v) is 18.3. The van der Waals surface area contributed by atoms with Crippen molar-refractivity contribution in [2.75, 3.05) is 12.3 Å². The molecule has 7 heteroatoms. The molecule has 2 heterocycles. The second-order valence-corrected chi connectivity index (χ2v) is 8.56. The van der Waals surface area contributed by atoms with Crippen LogP contribution in [0.15, 0.2) is 72.8 Å². The monoisotopic (exact) mass is 444 g/mol. The van der Waals surface area contributed by atoms with Gasteiger partial charge in [0, 0.05) is 12.3 Å². The summed E-state index contributed by atoms with van der Waals surface area (Å²) in [4.78, 5) is 27.4. The third kappa shape index (κ3) is 4.00. The molecule has 0 radical (unpaired) electrons. The summed E-state index contributed by atoms with van der Waals surface area (Å²) >= 11 is 1.55. The molecule has 2 aliphatic heterocycles. The number of hydrogen-bond donors (Lipinski definition) is 1. The van der Waals surface area contributed by atoms with Gasteiger partial charge < -0.3 is 15.4 Å². The van der Waals surface area contributed by atoms with Crippen LogP contribution in [0.5, 0.6) is 0 Å². The summed E-state index contributed by atoms with van der Waals surface area (Å²) < 4.78 is 6.12. The first-order valence-corrected chi connectivity index (χ1v) is 10.7. The fourth-order valence-electron chi connectivity index (χ4n) is 3.92. The lowest BCUT2D eigenvalue weighted by Crippen LogP contribution is -2.72. The highest BCUT2D eigenvalue weighted by Gasteiger charge is 2.55. The topological polar surface area (TPSA) is 72.6 Å². The van der Waals surface area contributed by atoms with Crippen LogP contribution >= 0.6 is 24.2 Å². The van der Waals surface area contributed by atoms with Gasteiger partial charge in [-0.1, -0.05) is 72.8 Å². The van der Waals surface area contributed by atoms with Crippen LogP contribution in [0.1, 0.15) is 24.2 Å². The van der Waals surface area contributed by atoms with Crippen LogP contribution in [-0.2, 0) is 14.3 Å². The van der Waals surface area contributed by atoms with E-state index in [4.69, 9.17) is 10.5 Å². The molecule has 0 aliphatic carbocycles. The van der Waals surface area contributed by atoms with E-state index in [1.165, 1.54) is 0 Å². The van der Waals surface area contributed by atoms with Crippen LogP contribution < -0.4 is 5.73 Å². The molecule has 2 aromatic carbocycles. The second kappa shape index (κ2) is 9.25. The molecule has 2 fully saturated rings. The molecule has 2 aromatic rings. The van der Waals surface area contributed by atoms with Gasteiger partial charge in [0.15, 0.2) is 6.10 Å². The van der Waals surface area contributed by atoms with Crippen LogP contribution in [0.4, 0.5) is 0 Å². The third-order valence-electron chi connectivity index (χ3n) is 5.47. The van der Waals surface area contributed by atoms with E-state index in [1.807, 2.05) is 79.7 Å². The molecular weight excluding hydrogens is 420 g/mol. The molecule has 0 bridgehead atoms. The fraction of sp³-hybridized carbons (Fsp3) is 0.304. The Morgan fingerprint density at radius 1 is 1.17 bits per heavy atom. The predicted octanol–water partition coefficient (Wildman–Crippen LogP) is 3.55. The summed E-state index contributed by atoms with van der Waals surface area (Å²) in [7, 11) is 0. The number of allylic oxidation sites excluding steroid dienone is 1. The number of carbonyl (C=O) groups excluding carboxylic acids is 2. The van der Waals surface area contributed by atoms with Crippen molar-refractivity contribution in [1.29, 1.82) is 0 Å². The van der Waals surface area contributed by atoms with Gasteiger partial charge in [-0.3, -0.25) is 9.59 Å². The highest BCUT2D eigenvalue weighted by atomic mass is 35.5. The van der Waals surface area contributed by atoms with E-state index in [2.05, 4.69) is 0 Å². The first-order valence-electron chi connectivity index (χ1n) is 9.68. The van der Waals surface area contributed by atoms with Crippen molar-refractivity contribution in [3.05, 3.63) is 83.9 Å². The van der Waals surface area contributed by atoms with E-state index in [0.717, 1.165) is 11.1 Å². The maximum absolute atomic E-state index is 13.5. The molecular formula is C23H25ClN2O3S. The minimum absolute atomic E-state index is 0. The zero-order valence-electron chi connectivity index (χ0n) is 16.6. The number of hydrogen-bond acceptors (Lipinski definition) is 5. The van der Waals surface area contributed by atoms with Crippen LogP contribution in [-0.4, -0.2) is 40.5 Å². The van der Waals surface area contributed by atoms with Gasteiger partial charge in [0.05, 0.1) is 0 Å². The van der Waals surface area contributed by atoms with Crippen molar-refractivity contribution in [3.8, 4) is 0 Å². The number of rotatable bonds is 5. The maximum Gasteiger partial charge on any atom is 0.319 e. The molecule has 0 saturated carbocycles. The molecule has 2 unspecified atom stereocenters. The summed E-state index contributed by atoms with van der Waals surface area (Å²) in [6.45, 7) is 2.18. The van der Waals surface area contributed by atoms with E-state index >= 15 is 0 Å². The Morgan fingerprint density at radius 3 is 2.27 bits per heavy atom. The van der Waals surface area contributed by atoms with Gasteiger partial charge in [-0.2, -0.15) is 0 Å². The van der Waals surface area contributed by atoms with Gasteiger partial charge in [0.1, 0.15) is 16.8 Å². The standard InChI is InChI=1S/C23H24N2O3S.ClH/c1-2-13-23(14-25-20(26)18(24)21(25)29-15-23)22(27)28-19(16-9-5-3-6-10-16)17-11-7-4-8-12-17;/h2-13,18-19,21H,14-15,24H2,1H3;1H/t18?,21-,23?;/m1./s1. The Balaban J connectivity index is 0.00000256. The van der Waals surface area contributed by atoms with Crippen LogP contribution in [0, 0.1) is 5.41 Å². The number of nitrogens with two attached hydrogens (primary N) is 1. The van der Waals surface area contributed by atoms with Crippen LogP contribution in [0.2, 0.25) is 0 Å².